The van der Waals surface area contributed by atoms with Gasteiger partial charge in [0.25, 0.3) is 0 Å². The minimum atomic E-state index is 0.225. The van der Waals surface area contributed by atoms with E-state index in [2.05, 4.69) is 33.4 Å². The molecule has 0 aliphatic heterocycles. The molecule has 0 unspecified atom stereocenters. The van der Waals surface area contributed by atoms with E-state index in [4.69, 9.17) is 0 Å². The number of nitrogens with one attached hydrogen (secondary N) is 1. The highest BCUT2D eigenvalue weighted by atomic mass is 16.1. The van der Waals surface area contributed by atoms with E-state index in [0.717, 1.165) is 30.4 Å². The average molecular weight is 243 g/mol. The summed E-state index contributed by atoms with van der Waals surface area (Å²) in [7, 11) is 6.53. The van der Waals surface area contributed by atoms with Crippen LogP contribution in [0.5, 0.6) is 0 Å². The van der Waals surface area contributed by atoms with Gasteiger partial charge < -0.3 is 9.80 Å². The lowest BCUT2D eigenvalue weighted by Crippen LogP contribution is -2.37. The Morgan fingerprint density at radius 1 is 1.00 bits per heavy atom. The Balaban J connectivity index is 3.29. The number of rotatable bonds is 10. The van der Waals surface area contributed by atoms with Crippen molar-refractivity contribution in [2.24, 2.45) is 0 Å². The van der Waals surface area contributed by atoms with Crippen molar-refractivity contribution in [1.29, 1.82) is 0 Å². The third-order valence-electron chi connectivity index (χ3n) is 2.84. The van der Waals surface area contributed by atoms with E-state index >= 15 is 0 Å². The second-order valence-corrected chi connectivity index (χ2v) is 5.88. The molecule has 3 heteroatoms. The van der Waals surface area contributed by atoms with Gasteiger partial charge in [-0.05, 0) is 6.42 Å². The molecule has 0 aliphatic rings. The van der Waals surface area contributed by atoms with Gasteiger partial charge in [-0.2, -0.15) is 0 Å². The van der Waals surface area contributed by atoms with E-state index in [1.54, 1.807) is 0 Å². The Bertz CT molecular complexity index is 197. The lowest BCUT2D eigenvalue weighted by atomic mass is 10.1. The molecule has 0 aliphatic carbocycles. The SMILES string of the molecule is CCCCCCCC(=O)NCCC[N+](C)(C)C. The number of hydrogen-bond acceptors (Lipinski definition) is 1. The number of quaternary nitrogens is 1. The zero-order valence-electron chi connectivity index (χ0n) is 12.2. The maximum atomic E-state index is 11.5. The number of nitrogens with zero attached hydrogens (tertiary/aromatic N) is 1. The molecule has 0 saturated heterocycles. The largest absolute Gasteiger partial charge is 0.356 e. The smallest absolute Gasteiger partial charge is 0.219 e. The van der Waals surface area contributed by atoms with Gasteiger partial charge in [-0.1, -0.05) is 32.6 Å². The first-order valence-corrected chi connectivity index (χ1v) is 7.03. The quantitative estimate of drug-likeness (QED) is 0.464. The topological polar surface area (TPSA) is 29.1 Å². The third-order valence-corrected chi connectivity index (χ3v) is 2.84. The summed E-state index contributed by atoms with van der Waals surface area (Å²) in [5.41, 5.74) is 0. The van der Waals surface area contributed by atoms with Crippen LogP contribution >= 0.6 is 0 Å². The van der Waals surface area contributed by atoms with Crippen LogP contribution in [0.3, 0.4) is 0 Å². The second kappa shape index (κ2) is 9.46. The van der Waals surface area contributed by atoms with Crippen LogP contribution in [0, 0.1) is 0 Å². The molecule has 0 heterocycles. The van der Waals surface area contributed by atoms with Gasteiger partial charge in [0, 0.05) is 19.4 Å². The summed E-state index contributed by atoms with van der Waals surface area (Å²) in [4.78, 5) is 11.5. The maximum absolute atomic E-state index is 11.5. The van der Waals surface area contributed by atoms with Gasteiger partial charge in [0.15, 0.2) is 0 Å². The highest BCUT2D eigenvalue weighted by Gasteiger charge is 2.06. The van der Waals surface area contributed by atoms with Crippen LogP contribution in [-0.2, 0) is 4.79 Å². The van der Waals surface area contributed by atoms with E-state index in [1.165, 1.54) is 25.7 Å². The maximum Gasteiger partial charge on any atom is 0.219 e. The van der Waals surface area contributed by atoms with Gasteiger partial charge in [-0.3, -0.25) is 4.79 Å². The molecule has 0 fully saturated rings. The average Bonchev–Trinajstić information content (AvgIpc) is 2.23. The van der Waals surface area contributed by atoms with Crippen LogP contribution in [-0.4, -0.2) is 44.6 Å². The molecule has 1 N–H and O–H groups in total. The summed E-state index contributed by atoms with van der Waals surface area (Å²) in [6, 6.07) is 0. The van der Waals surface area contributed by atoms with Crippen LogP contribution < -0.4 is 5.32 Å². The summed E-state index contributed by atoms with van der Waals surface area (Å²) in [6.45, 7) is 4.14. The summed E-state index contributed by atoms with van der Waals surface area (Å²) in [5.74, 6) is 0.225. The molecule has 1 amide bonds. The van der Waals surface area contributed by atoms with Crippen LogP contribution in [0.2, 0.25) is 0 Å². The van der Waals surface area contributed by atoms with E-state index in [1.807, 2.05) is 0 Å². The molecule has 3 nitrogen and oxygen atoms in total. The molecule has 17 heavy (non-hydrogen) atoms. The first-order chi connectivity index (χ1) is 7.95. The molecule has 0 saturated carbocycles. The Labute approximate surface area is 107 Å². The van der Waals surface area contributed by atoms with Crippen molar-refractivity contribution < 1.29 is 9.28 Å². The molecule has 0 aromatic carbocycles. The van der Waals surface area contributed by atoms with Crippen LogP contribution in [0.1, 0.15) is 51.9 Å². The van der Waals surface area contributed by atoms with Crippen molar-refractivity contribution in [3.05, 3.63) is 0 Å². The zero-order valence-corrected chi connectivity index (χ0v) is 12.2. The molecule has 0 aromatic rings. The standard InChI is InChI=1S/C14H30N2O/c1-5-6-7-8-9-11-14(17)15-12-10-13-16(2,3)4/h5-13H2,1-4H3/p+1. The van der Waals surface area contributed by atoms with Gasteiger partial charge in [0.2, 0.25) is 5.91 Å². The fourth-order valence-electron chi connectivity index (χ4n) is 1.76. The molecule has 0 rings (SSSR count). The fourth-order valence-corrected chi connectivity index (χ4v) is 1.76. The summed E-state index contributed by atoms with van der Waals surface area (Å²) < 4.78 is 0.965. The van der Waals surface area contributed by atoms with E-state index < -0.39 is 0 Å². The minimum absolute atomic E-state index is 0.225. The third kappa shape index (κ3) is 13.4. The van der Waals surface area contributed by atoms with Crippen molar-refractivity contribution in [1.82, 2.24) is 5.32 Å². The fraction of sp³-hybridized carbons (Fsp3) is 0.929. The van der Waals surface area contributed by atoms with E-state index in [0.29, 0.717) is 6.42 Å². The molecule has 0 spiro atoms. The molecular weight excluding hydrogens is 212 g/mol. The van der Waals surface area contributed by atoms with Crippen molar-refractivity contribution in [3.63, 3.8) is 0 Å². The van der Waals surface area contributed by atoms with Gasteiger partial charge in [-0.25, -0.2) is 0 Å². The summed E-state index contributed by atoms with van der Waals surface area (Å²) in [5, 5.41) is 3.00. The number of carbonyl (C=O) groups is 1. The van der Waals surface area contributed by atoms with Crippen LogP contribution in [0.15, 0.2) is 0 Å². The Morgan fingerprint density at radius 2 is 1.65 bits per heavy atom. The molecule has 0 aromatic heterocycles. The molecule has 102 valence electrons. The monoisotopic (exact) mass is 243 g/mol. The number of carbonyl (C=O) groups excluding carboxylic acids is 1. The van der Waals surface area contributed by atoms with Gasteiger partial charge in [0.05, 0.1) is 27.7 Å². The number of amides is 1. The highest BCUT2D eigenvalue weighted by Crippen LogP contribution is 2.04. The van der Waals surface area contributed by atoms with E-state index in [9.17, 15) is 4.79 Å². The second-order valence-electron chi connectivity index (χ2n) is 5.88. The molecule has 0 radical (unpaired) electrons. The predicted molar refractivity (Wildman–Crippen MR) is 73.9 cm³/mol. The lowest BCUT2D eigenvalue weighted by Gasteiger charge is -2.23. The Morgan fingerprint density at radius 3 is 2.24 bits per heavy atom. The zero-order chi connectivity index (χ0) is 13.1. The Hall–Kier alpha value is -0.570. The minimum Gasteiger partial charge on any atom is -0.356 e. The van der Waals surface area contributed by atoms with Crippen LogP contribution in [0.25, 0.3) is 0 Å². The highest BCUT2D eigenvalue weighted by molar-refractivity contribution is 5.75. The van der Waals surface area contributed by atoms with Crippen molar-refractivity contribution >= 4 is 5.91 Å². The first kappa shape index (κ1) is 16.4. The summed E-state index contributed by atoms with van der Waals surface area (Å²) >= 11 is 0. The van der Waals surface area contributed by atoms with Gasteiger partial charge >= 0.3 is 0 Å². The van der Waals surface area contributed by atoms with Gasteiger partial charge in [0.1, 0.15) is 0 Å². The van der Waals surface area contributed by atoms with Crippen molar-refractivity contribution in [2.75, 3.05) is 34.2 Å². The van der Waals surface area contributed by atoms with Gasteiger partial charge in [-0.15, -0.1) is 0 Å². The van der Waals surface area contributed by atoms with Crippen LogP contribution in [0.4, 0.5) is 0 Å². The normalized spacial score (nSPS) is 11.5. The molecule has 0 bridgehead atoms. The predicted octanol–water partition coefficient (Wildman–Crippen LogP) is 2.56. The molecular formula is C14H31N2O+. The number of unbranched alkanes of at least 4 members (excludes halogenated alkanes) is 4. The number of hydrogen-bond donors (Lipinski definition) is 1. The first-order valence-electron chi connectivity index (χ1n) is 7.03. The van der Waals surface area contributed by atoms with Crippen molar-refractivity contribution in [3.8, 4) is 0 Å². The molecule has 0 atom stereocenters. The summed E-state index contributed by atoms with van der Waals surface area (Å²) in [6.07, 6.45) is 7.83. The van der Waals surface area contributed by atoms with E-state index in [-0.39, 0.29) is 5.91 Å². The Kier molecular flexibility index (Phi) is 9.14. The van der Waals surface area contributed by atoms with Crippen molar-refractivity contribution in [2.45, 2.75) is 51.9 Å². The lowest BCUT2D eigenvalue weighted by molar-refractivity contribution is -0.870.